The molecule has 0 saturated carbocycles. The van der Waals surface area contributed by atoms with Crippen molar-refractivity contribution < 1.29 is 0 Å². The number of rotatable bonds is 2. The van der Waals surface area contributed by atoms with E-state index in [0.717, 1.165) is 0 Å². The molecule has 0 fully saturated rings. The van der Waals surface area contributed by atoms with E-state index in [9.17, 15) is 0 Å². The molecule has 88 valence electrons. The van der Waals surface area contributed by atoms with Gasteiger partial charge in [-0.15, -0.1) is 0 Å². The van der Waals surface area contributed by atoms with Crippen LogP contribution in [0.3, 0.4) is 0 Å². The quantitative estimate of drug-likeness (QED) is 0.727. The van der Waals surface area contributed by atoms with Gasteiger partial charge in [-0.3, -0.25) is 5.32 Å². The third kappa shape index (κ3) is 3.19. The molecular formula is C11H26N2Si2. The molecule has 1 aliphatic heterocycles. The summed E-state index contributed by atoms with van der Waals surface area (Å²) in [6.07, 6.45) is 2.24. The highest BCUT2D eigenvalue weighted by Gasteiger charge is 2.36. The van der Waals surface area contributed by atoms with Crippen LogP contribution in [0.5, 0.6) is 0 Å². The van der Waals surface area contributed by atoms with E-state index in [-0.39, 0.29) is 0 Å². The predicted molar refractivity (Wildman–Crippen MR) is 74.3 cm³/mol. The van der Waals surface area contributed by atoms with Gasteiger partial charge in [0.15, 0.2) is 0 Å². The van der Waals surface area contributed by atoms with E-state index in [1.54, 1.807) is 0 Å². The van der Waals surface area contributed by atoms with Crippen LogP contribution >= 0.6 is 0 Å². The van der Waals surface area contributed by atoms with Crippen LogP contribution in [-0.4, -0.2) is 27.6 Å². The van der Waals surface area contributed by atoms with Crippen LogP contribution in [0, 0.1) is 0 Å². The maximum absolute atomic E-state index is 3.83. The number of hydrogen-bond acceptors (Lipinski definition) is 2. The van der Waals surface area contributed by atoms with Crippen molar-refractivity contribution >= 4 is 16.1 Å². The van der Waals surface area contributed by atoms with Crippen LogP contribution in [0.2, 0.25) is 39.3 Å². The van der Waals surface area contributed by atoms with E-state index in [1.165, 1.54) is 5.57 Å². The number of hydrogen-bond donors (Lipinski definition) is 2. The molecule has 0 aromatic rings. The molecule has 0 bridgehead atoms. The van der Waals surface area contributed by atoms with Gasteiger partial charge in [0.2, 0.25) is 0 Å². The fraction of sp³-hybridized carbons (Fsp3) is 0.818. The van der Waals surface area contributed by atoms with Crippen LogP contribution in [0.1, 0.15) is 6.92 Å². The average molecular weight is 243 g/mol. The molecule has 2 nitrogen and oxygen atoms in total. The predicted octanol–water partition coefficient (Wildman–Crippen LogP) is 2.53. The van der Waals surface area contributed by atoms with Crippen LogP contribution in [0.15, 0.2) is 11.8 Å². The molecule has 0 aromatic carbocycles. The molecule has 0 aromatic heterocycles. The van der Waals surface area contributed by atoms with Gasteiger partial charge in [0.25, 0.3) is 0 Å². The minimum absolute atomic E-state index is 0.526. The molecule has 0 amide bonds. The van der Waals surface area contributed by atoms with Gasteiger partial charge in [-0.05, 0) is 18.7 Å². The first-order valence-electron chi connectivity index (χ1n) is 5.81. The Morgan fingerprint density at radius 3 is 1.93 bits per heavy atom. The summed E-state index contributed by atoms with van der Waals surface area (Å²) in [7, 11) is -2.29. The second-order valence-corrected chi connectivity index (χ2v) is 17.4. The summed E-state index contributed by atoms with van der Waals surface area (Å²) < 4.78 is 0. The smallest absolute Gasteiger partial charge is 0.0884 e. The lowest BCUT2D eigenvalue weighted by molar-refractivity contribution is 0.536. The lowest BCUT2D eigenvalue weighted by atomic mass is 10.3. The van der Waals surface area contributed by atoms with Crippen molar-refractivity contribution in [2.45, 2.75) is 57.7 Å². The zero-order valence-corrected chi connectivity index (χ0v) is 13.2. The van der Waals surface area contributed by atoms with Gasteiger partial charge < -0.3 is 5.32 Å². The van der Waals surface area contributed by atoms with E-state index in [1.807, 2.05) is 0 Å². The molecule has 0 radical (unpaired) electrons. The monoisotopic (exact) mass is 242 g/mol. The Balaban J connectivity index is 2.85. The maximum Gasteiger partial charge on any atom is 0.0884 e. The highest BCUT2D eigenvalue weighted by molar-refractivity contribution is 6.79. The van der Waals surface area contributed by atoms with E-state index >= 15 is 0 Å². The van der Waals surface area contributed by atoms with Crippen LogP contribution in [0.4, 0.5) is 0 Å². The number of nitrogens with one attached hydrogen (secondary N) is 2. The topological polar surface area (TPSA) is 24.1 Å². The molecule has 0 aliphatic carbocycles. The summed E-state index contributed by atoms with van der Waals surface area (Å²) in [4.78, 5) is 0. The van der Waals surface area contributed by atoms with Crippen LogP contribution < -0.4 is 10.6 Å². The lowest BCUT2D eigenvalue weighted by Crippen LogP contribution is -2.66. The second kappa shape index (κ2) is 4.07. The molecule has 2 atom stereocenters. The first kappa shape index (κ1) is 13.0. The Hall–Kier alpha value is -0.0662. The Morgan fingerprint density at radius 1 is 1.00 bits per heavy atom. The average Bonchev–Trinajstić information content (AvgIpc) is 2.00. The molecule has 1 aliphatic rings. The summed E-state index contributed by atoms with van der Waals surface area (Å²) >= 11 is 0. The van der Waals surface area contributed by atoms with Gasteiger partial charge in [0.1, 0.15) is 0 Å². The Kier molecular flexibility index (Phi) is 3.53. The largest absolute Gasteiger partial charge is 0.379 e. The molecule has 1 heterocycles. The molecule has 1 rings (SSSR count). The van der Waals surface area contributed by atoms with Crippen molar-refractivity contribution in [2.24, 2.45) is 0 Å². The van der Waals surface area contributed by atoms with E-state index in [4.69, 9.17) is 0 Å². The fourth-order valence-electron chi connectivity index (χ4n) is 2.08. The van der Waals surface area contributed by atoms with Gasteiger partial charge in [-0.25, -0.2) is 0 Å². The third-order valence-corrected chi connectivity index (χ3v) is 7.42. The molecule has 15 heavy (non-hydrogen) atoms. The Labute approximate surface area is 96.6 Å². The minimum atomic E-state index is -1.15. The van der Waals surface area contributed by atoms with Gasteiger partial charge in [-0.2, -0.15) is 0 Å². The third-order valence-electron chi connectivity index (χ3n) is 3.00. The summed E-state index contributed by atoms with van der Waals surface area (Å²) in [5.74, 6) is 0.526. The summed E-state index contributed by atoms with van der Waals surface area (Å²) in [5, 5.41) is 7.35. The van der Waals surface area contributed by atoms with Crippen molar-refractivity contribution in [2.75, 3.05) is 0 Å². The van der Waals surface area contributed by atoms with Crippen LogP contribution in [-0.2, 0) is 0 Å². The normalized spacial score (nSPS) is 28.3. The Bertz CT molecular complexity index is 261. The SMILES string of the molecule is CC1=CNC([Si](C)(C)C)NC1[Si](C)(C)C. The van der Waals surface area contributed by atoms with Gasteiger partial charge >= 0.3 is 0 Å². The Morgan fingerprint density at radius 2 is 1.53 bits per heavy atom. The highest BCUT2D eigenvalue weighted by Crippen LogP contribution is 2.20. The second-order valence-electron chi connectivity index (χ2n) is 6.82. The summed E-state index contributed by atoms with van der Waals surface area (Å²) in [6, 6.07) is 0. The molecule has 0 spiro atoms. The van der Waals surface area contributed by atoms with Gasteiger partial charge in [-0.1, -0.05) is 39.3 Å². The van der Waals surface area contributed by atoms with Crippen molar-refractivity contribution in [1.82, 2.24) is 10.6 Å². The maximum atomic E-state index is 3.83. The molecule has 2 N–H and O–H groups in total. The van der Waals surface area contributed by atoms with Gasteiger partial charge in [0, 0.05) is 5.67 Å². The first-order valence-corrected chi connectivity index (χ1v) is 13.0. The lowest BCUT2D eigenvalue weighted by Gasteiger charge is -2.42. The van der Waals surface area contributed by atoms with Crippen LogP contribution in [0.25, 0.3) is 0 Å². The van der Waals surface area contributed by atoms with Crippen molar-refractivity contribution in [1.29, 1.82) is 0 Å². The molecule has 2 unspecified atom stereocenters. The van der Waals surface area contributed by atoms with E-state index in [2.05, 4.69) is 63.0 Å². The standard InChI is InChI=1S/C11H26N2Si2/c1-9-8-12-11(15(5,6)7)13-10(9)14(2,3)4/h8,10-13H,1-7H3. The van der Waals surface area contributed by atoms with E-state index < -0.39 is 16.1 Å². The minimum Gasteiger partial charge on any atom is -0.379 e. The van der Waals surface area contributed by atoms with Gasteiger partial charge in [0.05, 0.1) is 21.9 Å². The molecule has 4 heteroatoms. The van der Waals surface area contributed by atoms with Crippen molar-refractivity contribution in [3.63, 3.8) is 0 Å². The summed E-state index contributed by atoms with van der Waals surface area (Å²) in [5.41, 5.74) is 2.11. The summed E-state index contributed by atoms with van der Waals surface area (Å²) in [6.45, 7) is 16.8. The molecule has 0 saturated heterocycles. The zero-order valence-electron chi connectivity index (χ0n) is 11.2. The first-order chi connectivity index (χ1) is 6.62. The zero-order chi connectivity index (χ0) is 11.9. The van der Waals surface area contributed by atoms with Crippen molar-refractivity contribution in [3.8, 4) is 0 Å². The van der Waals surface area contributed by atoms with E-state index in [0.29, 0.717) is 11.5 Å². The fourth-order valence-corrected chi connectivity index (χ4v) is 5.61. The highest BCUT2D eigenvalue weighted by atomic mass is 28.3. The molecular weight excluding hydrogens is 216 g/mol. The van der Waals surface area contributed by atoms with Crippen molar-refractivity contribution in [3.05, 3.63) is 11.8 Å².